The summed E-state index contributed by atoms with van der Waals surface area (Å²) in [5.41, 5.74) is 7.02. The Bertz CT molecular complexity index is 644. The van der Waals surface area contributed by atoms with Crippen molar-refractivity contribution in [2.75, 3.05) is 0 Å². The predicted molar refractivity (Wildman–Crippen MR) is 130 cm³/mol. The SMILES string of the molecule is NC(=O)CCCCCCCCCCCCCCCCCCC(C(N)=O)C(C(=O)O)(C(=O)O)C(=O)O. The quantitative estimate of drug-likeness (QED) is 0.0972. The lowest BCUT2D eigenvalue weighted by Crippen LogP contribution is -2.55. The number of carbonyl (C=O) groups is 5. The van der Waals surface area contributed by atoms with E-state index in [-0.39, 0.29) is 12.3 Å². The van der Waals surface area contributed by atoms with E-state index in [1.807, 2.05) is 0 Å². The summed E-state index contributed by atoms with van der Waals surface area (Å²) in [6.07, 6.45) is 16.9. The normalized spacial score (nSPS) is 12.2. The maximum absolute atomic E-state index is 11.7. The van der Waals surface area contributed by atoms with Gasteiger partial charge in [-0.05, 0) is 12.8 Å². The van der Waals surface area contributed by atoms with Crippen molar-refractivity contribution in [1.82, 2.24) is 0 Å². The zero-order valence-corrected chi connectivity index (χ0v) is 20.8. The summed E-state index contributed by atoms with van der Waals surface area (Å²) in [4.78, 5) is 56.8. The molecule has 0 saturated carbocycles. The van der Waals surface area contributed by atoms with Gasteiger partial charge in [0.2, 0.25) is 11.8 Å². The van der Waals surface area contributed by atoms with Crippen molar-refractivity contribution in [1.29, 1.82) is 0 Å². The summed E-state index contributed by atoms with van der Waals surface area (Å²) >= 11 is 0. The molecule has 0 aliphatic carbocycles. The minimum atomic E-state index is -3.27. The highest BCUT2D eigenvalue weighted by molar-refractivity contribution is 6.19. The first-order valence-electron chi connectivity index (χ1n) is 12.9. The van der Waals surface area contributed by atoms with E-state index >= 15 is 0 Å². The van der Waals surface area contributed by atoms with Gasteiger partial charge in [-0.15, -0.1) is 0 Å². The summed E-state index contributed by atoms with van der Waals surface area (Å²) in [7, 11) is 0. The molecule has 0 fully saturated rings. The Kier molecular flexibility index (Phi) is 17.2. The van der Waals surface area contributed by atoms with Gasteiger partial charge in [-0.25, -0.2) is 0 Å². The molecule has 10 nitrogen and oxygen atoms in total. The molecule has 7 N–H and O–H groups in total. The lowest BCUT2D eigenvalue weighted by Gasteiger charge is -2.27. The molecule has 10 heteroatoms. The van der Waals surface area contributed by atoms with E-state index in [0.29, 0.717) is 19.3 Å². The first-order chi connectivity index (χ1) is 16.6. The van der Waals surface area contributed by atoms with Crippen LogP contribution >= 0.6 is 0 Å². The van der Waals surface area contributed by atoms with Crippen LogP contribution in [0.2, 0.25) is 0 Å². The van der Waals surface area contributed by atoms with Crippen molar-refractivity contribution < 1.29 is 39.3 Å². The number of carboxylic acid groups (broad SMARTS) is 3. The Balaban J connectivity index is 3.86. The van der Waals surface area contributed by atoms with Gasteiger partial charge in [-0.1, -0.05) is 96.3 Å². The molecule has 0 saturated heterocycles. The van der Waals surface area contributed by atoms with Gasteiger partial charge in [0, 0.05) is 6.42 Å². The third-order valence-electron chi connectivity index (χ3n) is 6.54. The van der Waals surface area contributed by atoms with Gasteiger partial charge in [0.1, 0.15) is 0 Å². The number of carbonyl (C=O) groups excluding carboxylic acids is 2. The number of amides is 2. The Morgan fingerprint density at radius 3 is 1.06 bits per heavy atom. The van der Waals surface area contributed by atoms with Gasteiger partial charge in [0.25, 0.3) is 5.41 Å². The third-order valence-corrected chi connectivity index (χ3v) is 6.54. The first-order valence-corrected chi connectivity index (χ1v) is 12.9. The maximum Gasteiger partial charge on any atom is 0.333 e. The second-order valence-electron chi connectivity index (χ2n) is 9.34. The third kappa shape index (κ3) is 12.6. The molecule has 0 aliphatic rings. The highest BCUT2D eigenvalue weighted by Gasteiger charge is 2.62. The van der Waals surface area contributed by atoms with Crippen molar-refractivity contribution in [3.05, 3.63) is 0 Å². The lowest BCUT2D eigenvalue weighted by atomic mass is 9.72. The topological polar surface area (TPSA) is 198 Å². The summed E-state index contributed by atoms with van der Waals surface area (Å²) in [6, 6.07) is 0. The molecular formula is C25H44N2O8. The molecule has 1 unspecified atom stereocenters. The monoisotopic (exact) mass is 500 g/mol. The Hall–Kier alpha value is -2.65. The van der Waals surface area contributed by atoms with Crippen molar-refractivity contribution >= 4 is 29.7 Å². The Morgan fingerprint density at radius 2 is 0.800 bits per heavy atom. The van der Waals surface area contributed by atoms with Crippen LogP contribution in [-0.4, -0.2) is 45.0 Å². The van der Waals surface area contributed by atoms with E-state index in [0.717, 1.165) is 44.9 Å². The number of hydrogen-bond acceptors (Lipinski definition) is 5. The summed E-state index contributed by atoms with van der Waals surface area (Å²) in [5, 5.41) is 27.8. The van der Waals surface area contributed by atoms with Gasteiger partial charge in [-0.2, -0.15) is 0 Å². The van der Waals surface area contributed by atoms with Crippen LogP contribution in [0.1, 0.15) is 116 Å². The molecular weight excluding hydrogens is 456 g/mol. The first kappa shape index (κ1) is 32.4. The van der Waals surface area contributed by atoms with Gasteiger partial charge in [-0.3, -0.25) is 24.0 Å². The summed E-state index contributed by atoms with van der Waals surface area (Å²) in [5.74, 6) is -9.58. The van der Waals surface area contributed by atoms with Crippen LogP contribution in [0, 0.1) is 11.3 Å². The molecule has 0 aliphatic heterocycles. The van der Waals surface area contributed by atoms with E-state index in [1.54, 1.807) is 0 Å². The minimum Gasteiger partial charge on any atom is -0.480 e. The second kappa shape index (κ2) is 18.6. The highest BCUT2D eigenvalue weighted by atomic mass is 16.4. The van der Waals surface area contributed by atoms with Crippen LogP contribution < -0.4 is 11.5 Å². The summed E-state index contributed by atoms with van der Waals surface area (Å²) in [6.45, 7) is 0. The molecule has 2 amide bonds. The fourth-order valence-electron chi connectivity index (χ4n) is 4.42. The van der Waals surface area contributed by atoms with E-state index in [1.165, 1.54) is 44.9 Å². The van der Waals surface area contributed by atoms with Crippen LogP contribution in [0.25, 0.3) is 0 Å². The van der Waals surface area contributed by atoms with E-state index in [4.69, 9.17) is 11.5 Å². The fourth-order valence-corrected chi connectivity index (χ4v) is 4.42. The van der Waals surface area contributed by atoms with Gasteiger partial charge >= 0.3 is 17.9 Å². The predicted octanol–water partition coefficient (Wildman–Crippen LogP) is 3.84. The highest BCUT2D eigenvalue weighted by Crippen LogP contribution is 2.33. The number of nitrogens with two attached hydrogens (primary N) is 2. The van der Waals surface area contributed by atoms with E-state index in [9.17, 15) is 39.3 Å². The number of carboxylic acids is 3. The number of rotatable bonds is 24. The number of primary amides is 2. The van der Waals surface area contributed by atoms with Crippen molar-refractivity contribution in [2.45, 2.75) is 116 Å². The molecule has 0 bridgehead atoms. The molecule has 202 valence electrons. The van der Waals surface area contributed by atoms with Crippen molar-refractivity contribution in [3.63, 3.8) is 0 Å². The number of unbranched alkanes of at least 4 members (excludes halogenated alkanes) is 15. The molecule has 1 atom stereocenters. The smallest absolute Gasteiger partial charge is 0.333 e. The van der Waals surface area contributed by atoms with Crippen LogP contribution in [0.3, 0.4) is 0 Å². The molecule has 0 aromatic carbocycles. The Labute approximate surface area is 207 Å². The largest absolute Gasteiger partial charge is 0.480 e. The number of aliphatic carboxylic acids is 3. The average Bonchev–Trinajstić information content (AvgIpc) is 2.76. The second-order valence-corrected chi connectivity index (χ2v) is 9.34. The maximum atomic E-state index is 11.7. The van der Waals surface area contributed by atoms with Crippen LogP contribution in [0.4, 0.5) is 0 Å². The molecule has 0 aromatic rings. The lowest BCUT2D eigenvalue weighted by molar-refractivity contribution is -0.182. The van der Waals surface area contributed by atoms with E-state index in [2.05, 4.69) is 0 Å². The van der Waals surface area contributed by atoms with Gasteiger partial charge < -0.3 is 26.8 Å². The molecule has 35 heavy (non-hydrogen) atoms. The molecule has 0 heterocycles. The van der Waals surface area contributed by atoms with Crippen LogP contribution in [0.5, 0.6) is 0 Å². The fraction of sp³-hybridized carbons (Fsp3) is 0.800. The van der Waals surface area contributed by atoms with Crippen molar-refractivity contribution in [2.24, 2.45) is 22.8 Å². The summed E-state index contributed by atoms with van der Waals surface area (Å²) < 4.78 is 0. The Morgan fingerprint density at radius 1 is 0.514 bits per heavy atom. The zero-order chi connectivity index (χ0) is 26.7. The molecule has 0 aromatic heterocycles. The molecule has 0 spiro atoms. The standard InChI is InChI=1S/C25H44N2O8/c26-20(28)18-16-14-12-10-8-6-4-2-1-3-5-7-9-11-13-15-17-19(21(27)29)25(22(30)31,23(32)33)24(34)35/h19H,1-18H2,(H2,26,28)(H2,27,29)(H,30,31)(H,32,33)(H,34,35). The molecule has 0 rings (SSSR count). The zero-order valence-electron chi connectivity index (χ0n) is 20.8. The van der Waals surface area contributed by atoms with E-state index < -0.39 is 35.1 Å². The molecule has 0 radical (unpaired) electrons. The van der Waals surface area contributed by atoms with Crippen LogP contribution in [-0.2, 0) is 24.0 Å². The van der Waals surface area contributed by atoms with Gasteiger partial charge in [0.05, 0.1) is 5.92 Å². The van der Waals surface area contributed by atoms with Crippen molar-refractivity contribution in [3.8, 4) is 0 Å². The van der Waals surface area contributed by atoms with Gasteiger partial charge in [0.15, 0.2) is 0 Å². The number of hydrogen-bond donors (Lipinski definition) is 5. The van der Waals surface area contributed by atoms with Crippen LogP contribution in [0.15, 0.2) is 0 Å². The minimum absolute atomic E-state index is 0.201. The average molecular weight is 501 g/mol.